The van der Waals surface area contributed by atoms with Crippen molar-refractivity contribution in [2.45, 2.75) is 51.1 Å². The van der Waals surface area contributed by atoms with Crippen LogP contribution in [0.3, 0.4) is 0 Å². The number of hydrogen-bond acceptors (Lipinski definition) is 4. The van der Waals surface area contributed by atoms with Crippen LogP contribution in [0.2, 0.25) is 0 Å². The highest BCUT2D eigenvalue weighted by molar-refractivity contribution is 14.0. The van der Waals surface area contributed by atoms with E-state index in [9.17, 15) is 0 Å². The Kier molecular flexibility index (Phi) is 10.3. The molecule has 1 aromatic rings. The van der Waals surface area contributed by atoms with Crippen LogP contribution < -0.4 is 10.6 Å². The van der Waals surface area contributed by atoms with Gasteiger partial charge in [0.2, 0.25) is 0 Å². The molecule has 0 amide bonds. The summed E-state index contributed by atoms with van der Waals surface area (Å²) in [5, 5.41) is 11.2. The first-order valence-corrected chi connectivity index (χ1v) is 11.3. The molecular formula is C19H35IN6S. The molecule has 0 unspecified atom stereocenters. The molecular weight excluding hydrogens is 471 g/mol. The normalized spacial score (nSPS) is 20.3. The van der Waals surface area contributed by atoms with Crippen LogP contribution in [0.1, 0.15) is 39.0 Å². The Labute approximate surface area is 185 Å². The molecule has 6 nitrogen and oxygen atoms in total. The molecule has 3 rings (SSSR count). The Morgan fingerprint density at radius 2 is 2.00 bits per heavy atom. The van der Waals surface area contributed by atoms with E-state index in [2.05, 4.69) is 39.3 Å². The van der Waals surface area contributed by atoms with E-state index in [-0.39, 0.29) is 24.0 Å². The Bertz CT molecular complexity index is 538. The monoisotopic (exact) mass is 506 g/mol. The van der Waals surface area contributed by atoms with E-state index >= 15 is 0 Å². The van der Waals surface area contributed by atoms with Gasteiger partial charge in [0, 0.05) is 62.2 Å². The van der Waals surface area contributed by atoms with Crippen molar-refractivity contribution in [3.05, 3.63) is 18.5 Å². The predicted molar refractivity (Wildman–Crippen MR) is 126 cm³/mol. The maximum Gasteiger partial charge on any atom is 0.191 e. The zero-order valence-electron chi connectivity index (χ0n) is 16.5. The third-order valence-electron chi connectivity index (χ3n) is 5.51. The third-order valence-corrected chi connectivity index (χ3v) is 6.45. The van der Waals surface area contributed by atoms with Gasteiger partial charge < -0.3 is 10.6 Å². The maximum atomic E-state index is 5.00. The minimum absolute atomic E-state index is 0. The van der Waals surface area contributed by atoms with Crippen LogP contribution in [0.5, 0.6) is 0 Å². The summed E-state index contributed by atoms with van der Waals surface area (Å²) >= 11 is 2.09. The molecule has 0 radical (unpaired) electrons. The van der Waals surface area contributed by atoms with E-state index in [0.717, 1.165) is 38.6 Å². The van der Waals surface area contributed by atoms with Crippen LogP contribution in [0.4, 0.5) is 0 Å². The lowest BCUT2D eigenvalue weighted by atomic mass is 9.95. The van der Waals surface area contributed by atoms with E-state index in [1.54, 1.807) is 0 Å². The van der Waals surface area contributed by atoms with Crippen molar-refractivity contribution in [2.24, 2.45) is 4.99 Å². The topological polar surface area (TPSA) is 57.5 Å². The molecule has 154 valence electrons. The Morgan fingerprint density at radius 3 is 2.67 bits per heavy atom. The molecule has 2 heterocycles. The van der Waals surface area contributed by atoms with Crippen LogP contribution >= 0.6 is 35.7 Å². The van der Waals surface area contributed by atoms with Crippen LogP contribution in [-0.2, 0) is 6.54 Å². The molecule has 1 aliphatic heterocycles. The minimum Gasteiger partial charge on any atom is -0.357 e. The Hall–Kier alpha value is -0.480. The van der Waals surface area contributed by atoms with E-state index < -0.39 is 0 Å². The van der Waals surface area contributed by atoms with Crippen LogP contribution in [0.25, 0.3) is 0 Å². The first-order chi connectivity index (χ1) is 12.8. The van der Waals surface area contributed by atoms with Crippen LogP contribution in [0, 0.1) is 0 Å². The van der Waals surface area contributed by atoms with Gasteiger partial charge in [0.25, 0.3) is 0 Å². The minimum atomic E-state index is 0. The first-order valence-electron chi connectivity index (χ1n) is 10.1. The molecule has 0 atom stereocenters. The van der Waals surface area contributed by atoms with Crippen molar-refractivity contribution in [1.29, 1.82) is 0 Å². The molecule has 1 saturated heterocycles. The molecule has 1 saturated carbocycles. The lowest BCUT2D eigenvalue weighted by Gasteiger charge is -2.42. The van der Waals surface area contributed by atoms with Gasteiger partial charge in [-0.3, -0.25) is 14.6 Å². The molecule has 2 aliphatic rings. The first kappa shape index (κ1) is 22.8. The molecule has 0 bridgehead atoms. The number of nitrogens with zero attached hydrogens (tertiary/aromatic N) is 4. The zero-order chi connectivity index (χ0) is 18.1. The summed E-state index contributed by atoms with van der Waals surface area (Å²) in [4.78, 5) is 7.74. The quantitative estimate of drug-likeness (QED) is 0.246. The number of hydrogen-bond donors (Lipinski definition) is 2. The fourth-order valence-corrected chi connectivity index (χ4v) is 5.00. The number of guanidine groups is 1. The summed E-state index contributed by atoms with van der Waals surface area (Å²) in [5.74, 6) is 3.51. The van der Waals surface area contributed by atoms with Crippen molar-refractivity contribution in [1.82, 2.24) is 25.3 Å². The van der Waals surface area contributed by atoms with Gasteiger partial charge in [-0.1, -0.05) is 12.8 Å². The van der Waals surface area contributed by atoms with Gasteiger partial charge in [-0.25, -0.2) is 0 Å². The van der Waals surface area contributed by atoms with E-state index in [1.165, 1.54) is 50.3 Å². The highest BCUT2D eigenvalue weighted by atomic mass is 127. The number of nitrogens with one attached hydrogen (secondary N) is 2. The van der Waals surface area contributed by atoms with Gasteiger partial charge in [-0.2, -0.15) is 16.9 Å². The molecule has 2 N–H and O–H groups in total. The van der Waals surface area contributed by atoms with Crippen molar-refractivity contribution >= 4 is 41.7 Å². The highest BCUT2D eigenvalue weighted by Crippen LogP contribution is 2.37. The van der Waals surface area contributed by atoms with Gasteiger partial charge in [0.1, 0.15) is 0 Å². The van der Waals surface area contributed by atoms with Gasteiger partial charge in [-0.05, 0) is 32.3 Å². The van der Waals surface area contributed by atoms with Gasteiger partial charge in [0.15, 0.2) is 5.96 Å². The number of aliphatic imine (C=N–C) groups is 1. The maximum absolute atomic E-state index is 5.00. The number of aryl methyl sites for hydroxylation is 1. The van der Waals surface area contributed by atoms with E-state index in [0.29, 0.717) is 5.54 Å². The molecule has 0 aromatic carbocycles. The average Bonchev–Trinajstić information content (AvgIpc) is 3.36. The summed E-state index contributed by atoms with van der Waals surface area (Å²) in [6, 6.07) is 1.97. The van der Waals surface area contributed by atoms with Crippen LogP contribution in [-0.4, -0.2) is 70.4 Å². The third kappa shape index (κ3) is 6.81. The average molecular weight is 507 g/mol. The molecule has 1 aliphatic carbocycles. The number of halogens is 1. The molecule has 2 fully saturated rings. The molecule has 8 heteroatoms. The van der Waals surface area contributed by atoms with Gasteiger partial charge in [-0.15, -0.1) is 24.0 Å². The predicted octanol–water partition coefficient (Wildman–Crippen LogP) is 2.81. The van der Waals surface area contributed by atoms with Crippen molar-refractivity contribution in [3.8, 4) is 0 Å². The summed E-state index contributed by atoms with van der Waals surface area (Å²) in [6.45, 7) is 8.27. The Balaban J connectivity index is 0.00000261. The lowest BCUT2D eigenvalue weighted by Crippen LogP contribution is -2.53. The molecule has 0 spiro atoms. The second-order valence-corrected chi connectivity index (χ2v) is 8.50. The summed E-state index contributed by atoms with van der Waals surface area (Å²) in [6.07, 6.45) is 10.2. The van der Waals surface area contributed by atoms with Crippen molar-refractivity contribution < 1.29 is 0 Å². The summed E-state index contributed by atoms with van der Waals surface area (Å²) in [7, 11) is 0. The van der Waals surface area contributed by atoms with Crippen LogP contribution in [0.15, 0.2) is 23.5 Å². The van der Waals surface area contributed by atoms with Gasteiger partial charge >= 0.3 is 0 Å². The van der Waals surface area contributed by atoms with Crippen molar-refractivity contribution in [3.63, 3.8) is 0 Å². The second-order valence-electron chi connectivity index (χ2n) is 7.28. The SMILES string of the molecule is CCNC(=NCC1(N2CCSCC2)CCCC1)NCCCn1cccn1.I. The number of aromatic nitrogens is 2. The summed E-state index contributed by atoms with van der Waals surface area (Å²) < 4.78 is 1.98. The molecule has 27 heavy (non-hydrogen) atoms. The zero-order valence-corrected chi connectivity index (χ0v) is 19.7. The van der Waals surface area contributed by atoms with Gasteiger partial charge in [0.05, 0.1) is 6.54 Å². The molecule has 1 aromatic heterocycles. The highest BCUT2D eigenvalue weighted by Gasteiger charge is 2.39. The fraction of sp³-hybridized carbons (Fsp3) is 0.789. The second kappa shape index (κ2) is 12.2. The van der Waals surface area contributed by atoms with E-state index in [4.69, 9.17) is 4.99 Å². The largest absolute Gasteiger partial charge is 0.357 e. The number of rotatable bonds is 8. The standard InChI is InChI=1S/C19H34N6S.HI/c1-2-20-18(21-9-5-11-25-12-6-10-23-25)22-17-19(7-3-4-8-19)24-13-15-26-16-14-24;/h6,10,12H,2-5,7-9,11,13-17H2,1H3,(H2,20,21,22);1H. The number of thioether (sulfide) groups is 1. The smallest absolute Gasteiger partial charge is 0.191 e. The Morgan fingerprint density at radius 1 is 1.22 bits per heavy atom. The lowest BCUT2D eigenvalue weighted by molar-refractivity contribution is 0.112. The van der Waals surface area contributed by atoms with E-state index in [1.807, 2.05) is 23.1 Å². The fourth-order valence-electron chi connectivity index (χ4n) is 4.09. The summed E-state index contributed by atoms with van der Waals surface area (Å²) in [5.41, 5.74) is 0.304. The van der Waals surface area contributed by atoms with Crippen molar-refractivity contribution in [2.75, 3.05) is 44.2 Å².